The highest BCUT2D eigenvalue weighted by atomic mass is 19.4. The smallest absolute Gasteiger partial charge is 0.367 e. The summed E-state index contributed by atoms with van der Waals surface area (Å²) in [6.07, 6.45) is -3.44. The third-order valence-electron chi connectivity index (χ3n) is 4.21. The molecule has 0 amide bonds. The Labute approximate surface area is 115 Å². The van der Waals surface area contributed by atoms with Gasteiger partial charge in [-0.15, -0.1) is 0 Å². The van der Waals surface area contributed by atoms with Gasteiger partial charge in [-0.1, -0.05) is 0 Å². The number of alkyl halides is 3. The summed E-state index contributed by atoms with van der Waals surface area (Å²) in [5.74, 6) is 0.558. The molecule has 0 spiro atoms. The number of halogens is 3. The second kappa shape index (κ2) is 4.67. The van der Waals surface area contributed by atoms with E-state index >= 15 is 0 Å². The molecule has 6 heteroatoms. The van der Waals surface area contributed by atoms with Crippen molar-refractivity contribution >= 4 is 5.69 Å². The lowest BCUT2D eigenvalue weighted by Gasteiger charge is -2.26. The van der Waals surface area contributed by atoms with E-state index < -0.39 is 11.7 Å². The third-order valence-corrected chi connectivity index (χ3v) is 4.21. The first kappa shape index (κ1) is 13.3. The quantitative estimate of drug-likeness (QED) is 0.859. The van der Waals surface area contributed by atoms with Gasteiger partial charge in [-0.3, -0.25) is 0 Å². The van der Waals surface area contributed by atoms with Crippen molar-refractivity contribution in [3.8, 4) is 6.07 Å². The molecule has 2 aliphatic heterocycles. The molecule has 20 heavy (non-hydrogen) atoms. The van der Waals surface area contributed by atoms with E-state index in [1.54, 1.807) is 6.07 Å². The maximum absolute atomic E-state index is 12.8. The van der Waals surface area contributed by atoms with Gasteiger partial charge in [0, 0.05) is 31.4 Å². The normalized spacial score (nSPS) is 25.6. The summed E-state index contributed by atoms with van der Waals surface area (Å²) in [4.78, 5) is 2.12. The van der Waals surface area contributed by atoms with Crippen molar-refractivity contribution in [2.75, 3.05) is 24.5 Å². The summed E-state index contributed by atoms with van der Waals surface area (Å²) in [6.45, 7) is 2.66. The van der Waals surface area contributed by atoms with Crippen LogP contribution in [0.2, 0.25) is 0 Å². The van der Waals surface area contributed by atoms with Gasteiger partial charge in [0.1, 0.15) is 0 Å². The topological polar surface area (TPSA) is 39.1 Å². The van der Waals surface area contributed by atoms with Gasteiger partial charge in [-0.25, -0.2) is 0 Å². The van der Waals surface area contributed by atoms with Gasteiger partial charge in [0.2, 0.25) is 0 Å². The molecule has 106 valence electrons. The molecule has 3 rings (SSSR count). The van der Waals surface area contributed by atoms with E-state index in [-0.39, 0.29) is 5.56 Å². The molecule has 1 N–H and O–H groups in total. The maximum atomic E-state index is 12.8. The number of nitrogens with one attached hydrogen (secondary N) is 1. The summed E-state index contributed by atoms with van der Waals surface area (Å²) in [7, 11) is 0. The first-order valence-electron chi connectivity index (χ1n) is 6.59. The second-order valence-electron chi connectivity index (χ2n) is 5.31. The van der Waals surface area contributed by atoms with E-state index in [9.17, 15) is 13.2 Å². The zero-order valence-corrected chi connectivity index (χ0v) is 10.7. The van der Waals surface area contributed by atoms with Crippen molar-refractivity contribution in [3.05, 3.63) is 29.3 Å². The van der Waals surface area contributed by atoms with Crippen LogP contribution in [0.5, 0.6) is 0 Å². The Balaban J connectivity index is 1.94. The number of nitriles is 1. The average Bonchev–Trinajstić information content (AvgIpc) is 2.99. The number of benzene rings is 1. The molecule has 0 bridgehead atoms. The van der Waals surface area contributed by atoms with Crippen molar-refractivity contribution in [1.82, 2.24) is 5.32 Å². The molecule has 0 unspecified atom stereocenters. The van der Waals surface area contributed by atoms with Gasteiger partial charge in [-0.2, -0.15) is 18.4 Å². The molecule has 2 saturated heterocycles. The Hall–Kier alpha value is -1.74. The Bertz CT molecular complexity index is 562. The number of nitrogens with zero attached hydrogens (tertiary/aromatic N) is 2. The minimum Gasteiger partial charge on any atom is -0.367 e. The van der Waals surface area contributed by atoms with Crippen LogP contribution < -0.4 is 10.2 Å². The Morgan fingerprint density at radius 3 is 2.80 bits per heavy atom. The molecule has 0 radical (unpaired) electrons. The fourth-order valence-electron chi connectivity index (χ4n) is 3.22. The highest BCUT2D eigenvalue weighted by Crippen LogP contribution is 2.36. The molecule has 2 heterocycles. The number of rotatable bonds is 1. The van der Waals surface area contributed by atoms with Crippen LogP contribution in [0.25, 0.3) is 0 Å². The largest absolute Gasteiger partial charge is 0.417 e. The third kappa shape index (κ3) is 2.12. The summed E-state index contributed by atoms with van der Waals surface area (Å²) in [6, 6.07) is 5.85. The van der Waals surface area contributed by atoms with Crippen molar-refractivity contribution in [2.24, 2.45) is 5.92 Å². The molecule has 3 nitrogen and oxygen atoms in total. The van der Waals surface area contributed by atoms with Crippen LogP contribution in [0.1, 0.15) is 17.5 Å². The van der Waals surface area contributed by atoms with E-state index in [0.29, 0.717) is 17.6 Å². The molecular weight excluding hydrogens is 267 g/mol. The molecule has 2 aliphatic rings. The predicted octanol–water partition coefficient (Wildman–Crippen LogP) is 2.38. The van der Waals surface area contributed by atoms with Gasteiger partial charge in [-0.05, 0) is 30.5 Å². The molecule has 2 atom stereocenters. The van der Waals surface area contributed by atoms with Gasteiger partial charge in [0.25, 0.3) is 0 Å². The lowest BCUT2D eigenvalue weighted by atomic mass is 10.0. The van der Waals surface area contributed by atoms with Gasteiger partial charge >= 0.3 is 6.18 Å². The molecular formula is C14H14F3N3. The Kier molecular flexibility index (Phi) is 3.09. The lowest BCUT2D eigenvalue weighted by molar-refractivity contribution is -0.137. The number of anilines is 1. The molecule has 2 fully saturated rings. The standard InChI is InChI=1S/C14H14F3N3/c15-14(16,17)12-2-1-11(5-10(12)6-18)20-4-3-9-7-19-8-13(9)20/h1-2,5,9,13,19H,3-4,7-8H2/t9-,13+/m0/s1. The van der Waals surface area contributed by atoms with Crippen molar-refractivity contribution in [3.63, 3.8) is 0 Å². The van der Waals surface area contributed by atoms with Crippen LogP contribution in [0.15, 0.2) is 18.2 Å². The average molecular weight is 281 g/mol. The van der Waals surface area contributed by atoms with Gasteiger partial charge in [0.15, 0.2) is 0 Å². The van der Waals surface area contributed by atoms with Gasteiger partial charge < -0.3 is 10.2 Å². The van der Waals surface area contributed by atoms with E-state index in [1.165, 1.54) is 12.1 Å². The molecule has 1 aromatic rings. The summed E-state index contributed by atoms with van der Waals surface area (Å²) < 4.78 is 38.4. The fraction of sp³-hybridized carbons (Fsp3) is 0.500. The lowest BCUT2D eigenvalue weighted by Crippen LogP contribution is -2.34. The van der Waals surface area contributed by atoms with Crippen LogP contribution in [0.4, 0.5) is 18.9 Å². The molecule has 1 aromatic carbocycles. The van der Waals surface area contributed by atoms with E-state index in [2.05, 4.69) is 10.2 Å². The summed E-state index contributed by atoms with van der Waals surface area (Å²) in [5.41, 5.74) is -0.445. The highest BCUT2D eigenvalue weighted by Gasteiger charge is 2.39. The van der Waals surface area contributed by atoms with E-state index in [4.69, 9.17) is 5.26 Å². The predicted molar refractivity (Wildman–Crippen MR) is 68.3 cm³/mol. The van der Waals surface area contributed by atoms with Crippen LogP contribution in [0, 0.1) is 17.2 Å². The minimum absolute atomic E-state index is 0.301. The Morgan fingerprint density at radius 2 is 2.10 bits per heavy atom. The number of hydrogen-bond acceptors (Lipinski definition) is 3. The second-order valence-corrected chi connectivity index (χ2v) is 5.31. The maximum Gasteiger partial charge on any atom is 0.417 e. The van der Waals surface area contributed by atoms with Crippen LogP contribution >= 0.6 is 0 Å². The van der Waals surface area contributed by atoms with E-state index in [1.807, 2.05) is 0 Å². The Morgan fingerprint density at radius 1 is 1.30 bits per heavy atom. The highest BCUT2D eigenvalue weighted by molar-refractivity contribution is 5.57. The first-order chi connectivity index (χ1) is 9.50. The molecule has 0 aromatic heterocycles. The van der Waals surface area contributed by atoms with Crippen LogP contribution in [0.3, 0.4) is 0 Å². The first-order valence-corrected chi connectivity index (χ1v) is 6.59. The fourth-order valence-corrected chi connectivity index (χ4v) is 3.22. The van der Waals surface area contributed by atoms with Crippen molar-refractivity contribution in [2.45, 2.75) is 18.6 Å². The zero-order valence-electron chi connectivity index (χ0n) is 10.7. The molecule has 0 saturated carbocycles. The molecule has 0 aliphatic carbocycles. The number of hydrogen-bond donors (Lipinski definition) is 1. The monoisotopic (exact) mass is 281 g/mol. The van der Waals surface area contributed by atoms with Gasteiger partial charge in [0.05, 0.1) is 17.2 Å². The van der Waals surface area contributed by atoms with Crippen LogP contribution in [-0.4, -0.2) is 25.7 Å². The SMILES string of the molecule is N#Cc1cc(N2CC[C@H]3CNC[C@H]32)ccc1C(F)(F)F. The van der Waals surface area contributed by atoms with Crippen molar-refractivity contribution < 1.29 is 13.2 Å². The van der Waals surface area contributed by atoms with Crippen LogP contribution in [-0.2, 0) is 6.18 Å². The number of fused-ring (bicyclic) bond motifs is 1. The summed E-state index contributed by atoms with van der Waals surface area (Å²) in [5, 5.41) is 12.3. The van der Waals surface area contributed by atoms with Crippen molar-refractivity contribution in [1.29, 1.82) is 5.26 Å². The van der Waals surface area contributed by atoms with E-state index in [0.717, 1.165) is 32.1 Å². The zero-order chi connectivity index (χ0) is 14.3. The minimum atomic E-state index is -4.48. The summed E-state index contributed by atoms with van der Waals surface area (Å²) >= 11 is 0.